The van der Waals surface area contributed by atoms with Gasteiger partial charge in [-0.3, -0.25) is 14.8 Å². The first-order valence-corrected chi connectivity index (χ1v) is 12.5. The van der Waals surface area contributed by atoms with E-state index < -0.39 is 22.3 Å². The van der Waals surface area contributed by atoms with Gasteiger partial charge >= 0.3 is 0 Å². The van der Waals surface area contributed by atoms with Crippen molar-refractivity contribution in [2.75, 3.05) is 13.2 Å². The first-order valence-electron chi connectivity index (χ1n) is 10.5. The third kappa shape index (κ3) is 9.09. The van der Waals surface area contributed by atoms with Gasteiger partial charge in [0.05, 0.1) is 16.5 Å². The highest BCUT2D eigenvalue weighted by atomic mass is 35.5. The molecule has 0 aliphatic carbocycles. The second-order valence-corrected chi connectivity index (χ2v) is 9.67. The molecule has 2 amide bonds. The number of unbranched alkanes of at least 4 members (excludes halogenated alkanes) is 1. The van der Waals surface area contributed by atoms with Gasteiger partial charge in [-0.05, 0) is 72.9 Å². The molecule has 2 atom stereocenters. The van der Waals surface area contributed by atoms with E-state index in [0.717, 1.165) is 5.56 Å². The van der Waals surface area contributed by atoms with Gasteiger partial charge in [-0.2, -0.15) is 0 Å². The molecular formula is C24H26Cl2N2O5S. The molecule has 2 aromatic carbocycles. The summed E-state index contributed by atoms with van der Waals surface area (Å²) in [5.41, 5.74) is 2.34. The number of hydroxylamine groups is 1. The molecule has 0 fully saturated rings. The fourth-order valence-corrected chi connectivity index (χ4v) is 4.69. The van der Waals surface area contributed by atoms with Crippen LogP contribution in [0.25, 0.3) is 0 Å². The molecule has 34 heavy (non-hydrogen) atoms. The van der Waals surface area contributed by atoms with E-state index in [1.54, 1.807) is 54.9 Å². The van der Waals surface area contributed by atoms with E-state index in [9.17, 15) is 14.1 Å². The molecule has 0 bridgehead atoms. The predicted molar refractivity (Wildman–Crippen MR) is 133 cm³/mol. The van der Waals surface area contributed by atoms with Gasteiger partial charge in [-0.1, -0.05) is 35.2 Å². The van der Waals surface area contributed by atoms with Crippen LogP contribution in [0.2, 0.25) is 10.0 Å². The summed E-state index contributed by atoms with van der Waals surface area (Å²) in [6, 6.07) is 11.6. The van der Waals surface area contributed by atoms with E-state index in [-0.39, 0.29) is 25.4 Å². The predicted octanol–water partition coefficient (Wildman–Crippen LogP) is 3.91. The Morgan fingerprint density at radius 1 is 1.15 bits per heavy atom. The summed E-state index contributed by atoms with van der Waals surface area (Å²) in [4.78, 5) is 24.7. The maximum absolute atomic E-state index is 12.9. The summed E-state index contributed by atoms with van der Waals surface area (Å²) in [6.45, 7) is 2.36. The second kappa shape index (κ2) is 14.8. The van der Waals surface area contributed by atoms with Crippen LogP contribution in [0.5, 0.6) is 5.75 Å². The number of carbonyl (C=O) groups is 2. The van der Waals surface area contributed by atoms with Crippen LogP contribution in [0.1, 0.15) is 31.7 Å². The Labute approximate surface area is 212 Å². The Morgan fingerprint density at radius 3 is 2.53 bits per heavy atom. The van der Waals surface area contributed by atoms with Crippen LogP contribution < -0.4 is 15.5 Å². The fraction of sp³-hybridized carbons (Fsp3) is 0.333. The number of benzene rings is 2. The third-order valence-corrected chi connectivity index (χ3v) is 7.21. The van der Waals surface area contributed by atoms with Crippen LogP contribution in [-0.2, 0) is 27.2 Å². The molecule has 2 unspecified atom stereocenters. The first-order chi connectivity index (χ1) is 16.3. The van der Waals surface area contributed by atoms with Crippen molar-refractivity contribution in [1.29, 1.82) is 0 Å². The monoisotopic (exact) mass is 524 g/mol. The third-order valence-electron chi connectivity index (χ3n) is 4.77. The summed E-state index contributed by atoms with van der Waals surface area (Å²) in [6.07, 6.45) is 1.53. The number of nitrogens with one attached hydrogen (secondary N) is 2. The van der Waals surface area contributed by atoms with Crippen molar-refractivity contribution in [3.63, 3.8) is 0 Å². The smallest absolute Gasteiger partial charge is 0.296 e. The highest BCUT2D eigenvalue weighted by Gasteiger charge is 2.31. The number of ether oxygens (including phenoxy) is 1. The SMILES string of the molecule is CC#CCOc1ccc([S+]([O-])C(CCCCNC(=O)Cc2ccc(Cl)c(Cl)c2)C(=O)NO)cc1. The molecule has 0 aromatic heterocycles. The van der Waals surface area contributed by atoms with Gasteiger partial charge in [-0.25, -0.2) is 5.48 Å². The molecule has 0 heterocycles. The van der Waals surface area contributed by atoms with E-state index in [1.165, 1.54) is 0 Å². The number of hydrogen-bond acceptors (Lipinski definition) is 5. The highest BCUT2D eigenvalue weighted by Crippen LogP contribution is 2.24. The maximum atomic E-state index is 12.9. The summed E-state index contributed by atoms with van der Waals surface area (Å²) in [7, 11) is 0. The van der Waals surface area contributed by atoms with Crippen LogP contribution >= 0.6 is 23.2 Å². The minimum Gasteiger partial charge on any atom is -0.611 e. The molecule has 7 nitrogen and oxygen atoms in total. The zero-order valence-electron chi connectivity index (χ0n) is 18.6. The van der Waals surface area contributed by atoms with Crippen molar-refractivity contribution in [2.24, 2.45) is 0 Å². The molecule has 10 heteroatoms. The summed E-state index contributed by atoms with van der Waals surface area (Å²) < 4.78 is 18.4. The lowest BCUT2D eigenvalue weighted by Gasteiger charge is -2.20. The van der Waals surface area contributed by atoms with Gasteiger partial charge < -0.3 is 14.6 Å². The molecule has 0 saturated heterocycles. The topological polar surface area (TPSA) is 111 Å². The van der Waals surface area contributed by atoms with Crippen molar-refractivity contribution in [2.45, 2.75) is 42.8 Å². The van der Waals surface area contributed by atoms with E-state index in [2.05, 4.69) is 17.2 Å². The Kier molecular flexibility index (Phi) is 12.1. The lowest BCUT2D eigenvalue weighted by Crippen LogP contribution is -2.38. The van der Waals surface area contributed by atoms with Gasteiger partial charge in [-0.15, -0.1) is 5.92 Å². The van der Waals surface area contributed by atoms with Crippen LogP contribution in [0.15, 0.2) is 47.4 Å². The average Bonchev–Trinajstić information content (AvgIpc) is 2.83. The van der Waals surface area contributed by atoms with E-state index in [0.29, 0.717) is 40.1 Å². The first kappa shape index (κ1) is 27.8. The maximum Gasteiger partial charge on any atom is 0.296 e. The van der Waals surface area contributed by atoms with Gasteiger partial charge in [0.1, 0.15) is 12.4 Å². The normalized spacial score (nSPS) is 12.1. The number of hydrogen-bond donors (Lipinski definition) is 3. The van der Waals surface area contributed by atoms with Crippen molar-refractivity contribution in [3.8, 4) is 17.6 Å². The lowest BCUT2D eigenvalue weighted by molar-refractivity contribution is -0.129. The lowest BCUT2D eigenvalue weighted by atomic mass is 10.1. The molecule has 0 aliphatic heterocycles. The van der Waals surface area contributed by atoms with E-state index >= 15 is 0 Å². The molecule has 0 aliphatic rings. The highest BCUT2D eigenvalue weighted by molar-refractivity contribution is 7.92. The quantitative estimate of drug-likeness (QED) is 0.128. The second-order valence-electron chi connectivity index (χ2n) is 7.22. The van der Waals surface area contributed by atoms with Gasteiger partial charge in [0.2, 0.25) is 11.2 Å². The molecule has 0 saturated carbocycles. The zero-order valence-corrected chi connectivity index (χ0v) is 20.9. The molecule has 2 aromatic rings. The van der Waals surface area contributed by atoms with Crippen LogP contribution in [0.4, 0.5) is 0 Å². The Bertz CT molecular complexity index is 1020. The minimum atomic E-state index is -1.68. The number of amides is 2. The summed E-state index contributed by atoms with van der Waals surface area (Å²) in [5.74, 6) is 5.19. The number of rotatable bonds is 12. The van der Waals surface area contributed by atoms with Gasteiger partial charge in [0.25, 0.3) is 5.91 Å². The minimum absolute atomic E-state index is 0.168. The standard InChI is InChI=1S/C24H26Cl2N2O5S/c1-2-3-14-33-18-8-10-19(11-9-18)34(32)22(24(30)28-31)6-4-5-13-27-23(29)16-17-7-12-20(25)21(26)15-17/h7-12,15,22,31H,4-6,13-14,16H2,1H3,(H,27,29)(H,28,30). The summed E-state index contributed by atoms with van der Waals surface area (Å²) in [5, 5.41) is 11.8. The molecule has 2 rings (SSSR count). The largest absolute Gasteiger partial charge is 0.611 e. The Hall–Kier alpha value is -2.41. The van der Waals surface area contributed by atoms with Gasteiger partial charge in [0.15, 0.2) is 4.90 Å². The van der Waals surface area contributed by atoms with Crippen LogP contribution in [0.3, 0.4) is 0 Å². The molecule has 3 N–H and O–H groups in total. The molecule has 0 spiro atoms. The number of halogens is 2. The van der Waals surface area contributed by atoms with Crippen molar-refractivity contribution >= 4 is 46.2 Å². The fourth-order valence-electron chi connectivity index (χ4n) is 3.01. The van der Waals surface area contributed by atoms with Crippen LogP contribution in [0, 0.1) is 11.8 Å². The van der Waals surface area contributed by atoms with E-state index in [4.69, 9.17) is 33.1 Å². The molecule has 182 valence electrons. The van der Waals surface area contributed by atoms with Crippen LogP contribution in [-0.4, -0.2) is 40.0 Å². The van der Waals surface area contributed by atoms with Crippen molar-refractivity contribution in [3.05, 3.63) is 58.1 Å². The Balaban J connectivity index is 1.82. The number of carbonyl (C=O) groups excluding carboxylic acids is 2. The van der Waals surface area contributed by atoms with Crippen molar-refractivity contribution in [1.82, 2.24) is 10.8 Å². The Morgan fingerprint density at radius 2 is 1.88 bits per heavy atom. The van der Waals surface area contributed by atoms with Crippen molar-refractivity contribution < 1.29 is 24.1 Å². The van der Waals surface area contributed by atoms with Gasteiger partial charge in [0, 0.05) is 13.0 Å². The average molecular weight is 525 g/mol. The zero-order chi connectivity index (χ0) is 24.9. The summed E-state index contributed by atoms with van der Waals surface area (Å²) >= 11 is 10.2. The molecular weight excluding hydrogens is 499 g/mol. The van der Waals surface area contributed by atoms with E-state index in [1.807, 2.05) is 0 Å². The molecule has 0 radical (unpaired) electrons.